The van der Waals surface area contributed by atoms with Crippen LogP contribution in [-0.4, -0.2) is 30.9 Å². The molecule has 7 heavy (non-hydrogen) atoms. The Morgan fingerprint density at radius 3 is 1.43 bits per heavy atom. The van der Waals surface area contributed by atoms with Crippen LogP contribution < -0.4 is 0 Å². The number of hydrogen-bond donors (Lipinski definition) is 2. The minimum absolute atomic E-state index is 1.23. The minimum atomic E-state index is -1.45. The van der Waals surface area contributed by atoms with Gasteiger partial charge in [0.25, 0.3) is 11.2 Å². The fourth-order valence-corrected chi connectivity index (χ4v) is 0.317. The van der Waals surface area contributed by atoms with Crippen LogP contribution in [0.3, 0.4) is 0 Å². The maximum atomic E-state index is 9.47. The van der Waals surface area contributed by atoms with Crippen LogP contribution in [0.2, 0.25) is 0 Å². The summed E-state index contributed by atoms with van der Waals surface area (Å²) >= 11 is 0. The molecule has 39 valence electrons. The summed E-state index contributed by atoms with van der Waals surface area (Å²) in [5, 5.41) is 15.5. The lowest BCUT2D eigenvalue weighted by atomic mass is 11.6. The van der Waals surface area contributed by atoms with Crippen molar-refractivity contribution in [2.75, 3.05) is 0 Å². The van der Waals surface area contributed by atoms with Crippen LogP contribution in [0.25, 0.3) is 0 Å². The molecule has 0 bridgehead atoms. The van der Waals surface area contributed by atoms with Gasteiger partial charge in [0.2, 0.25) is 0 Å². The number of carbonyl (C=O) groups is 2. The highest BCUT2D eigenvalue weighted by atomic mass is 28.2. The van der Waals surface area contributed by atoms with Crippen molar-refractivity contribution in [3.05, 3.63) is 0 Å². The molecule has 0 aromatic rings. The first-order chi connectivity index (χ1) is 3.13. The normalized spacial score (nSPS) is 8.00. The van der Waals surface area contributed by atoms with Crippen molar-refractivity contribution in [1.82, 2.24) is 0 Å². The van der Waals surface area contributed by atoms with Crippen LogP contribution in [0.15, 0.2) is 0 Å². The second-order valence-corrected chi connectivity index (χ2v) is 2.10. The third-order valence-corrected chi connectivity index (χ3v) is 0.741. The first kappa shape index (κ1) is 6.16. The smallest absolute Gasteiger partial charge is 0.309 e. The Morgan fingerprint density at radius 1 is 1.14 bits per heavy atom. The molecule has 1 radical (unpaired) electrons. The summed E-state index contributed by atoms with van der Waals surface area (Å²) < 4.78 is 0. The topological polar surface area (TPSA) is 74.6 Å². The molecule has 0 saturated carbocycles. The molecule has 0 atom stereocenters. The van der Waals surface area contributed by atoms with Gasteiger partial charge < -0.3 is 10.2 Å². The first-order valence-electron chi connectivity index (χ1n) is 1.43. The quantitative estimate of drug-likeness (QED) is 0.493. The van der Waals surface area contributed by atoms with Crippen molar-refractivity contribution in [1.29, 1.82) is 0 Å². The molecule has 0 saturated heterocycles. The van der Waals surface area contributed by atoms with Crippen molar-refractivity contribution in [3.8, 4) is 0 Å². The van der Waals surface area contributed by atoms with Gasteiger partial charge in [0.1, 0.15) is 0 Å². The van der Waals surface area contributed by atoms with E-state index in [1.54, 1.807) is 0 Å². The van der Waals surface area contributed by atoms with E-state index in [4.69, 9.17) is 10.2 Å². The van der Waals surface area contributed by atoms with E-state index < -0.39 is 20.7 Å². The molecule has 0 aliphatic heterocycles. The van der Waals surface area contributed by atoms with Crippen LogP contribution in [0, 0.1) is 0 Å². The van der Waals surface area contributed by atoms with Gasteiger partial charge in [-0.1, -0.05) is 0 Å². The number of hydrogen-bond acceptors (Lipinski definition) is 2. The predicted molar refractivity (Wildman–Crippen MR) is 23.2 cm³/mol. The summed E-state index contributed by atoms with van der Waals surface area (Å²) in [4.78, 5) is 18.9. The molecule has 0 unspecified atom stereocenters. The maximum absolute atomic E-state index is 9.47. The Bertz CT molecular complexity index is 85.9. The molecule has 0 heterocycles. The monoisotopic (exact) mass is 119 g/mol. The summed E-state index contributed by atoms with van der Waals surface area (Å²) in [5.74, 6) is 0. The highest BCUT2D eigenvalue weighted by molar-refractivity contribution is 6.94. The third-order valence-electron chi connectivity index (χ3n) is 0.247. The fourth-order valence-electron chi connectivity index (χ4n) is 0.106. The Hall–Kier alpha value is -0.843. The van der Waals surface area contributed by atoms with E-state index in [9.17, 15) is 9.59 Å². The van der Waals surface area contributed by atoms with Crippen molar-refractivity contribution >= 4 is 20.7 Å². The van der Waals surface area contributed by atoms with Gasteiger partial charge in [-0.2, -0.15) is 0 Å². The van der Waals surface area contributed by atoms with Crippen LogP contribution in [0.4, 0.5) is 9.59 Å². The van der Waals surface area contributed by atoms with E-state index in [0.29, 0.717) is 0 Å². The Kier molecular flexibility index (Phi) is 2.07. The summed E-state index contributed by atoms with van der Waals surface area (Å²) in [5.41, 5.74) is -2.46. The van der Waals surface area contributed by atoms with E-state index in [-0.39, 0.29) is 0 Å². The zero-order valence-electron chi connectivity index (χ0n) is 3.29. The van der Waals surface area contributed by atoms with Gasteiger partial charge in [-0.15, -0.1) is 0 Å². The summed E-state index contributed by atoms with van der Waals surface area (Å²) in [6, 6.07) is 0. The van der Waals surface area contributed by atoms with Gasteiger partial charge in [0, 0.05) is 0 Å². The van der Waals surface area contributed by atoms with Gasteiger partial charge in [-0.25, -0.2) is 0 Å². The van der Waals surface area contributed by atoms with E-state index in [1.165, 1.54) is 0 Å². The lowest BCUT2D eigenvalue weighted by Crippen LogP contribution is -2.14. The van der Waals surface area contributed by atoms with Crippen molar-refractivity contribution < 1.29 is 19.8 Å². The molecule has 0 fully saturated rings. The average Bonchev–Trinajstić information content (AvgIpc) is 1.27. The molecule has 0 spiro atoms. The molecule has 0 aliphatic carbocycles. The predicted octanol–water partition coefficient (Wildman–Crippen LogP) is -0.221. The highest BCUT2D eigenvalue weighted by Gasteiger charge is 2.05. The van der Waals surface area contributed by atoms with Gasteiger partial charge >= 0.3 is 9.52 Å². The van der Waals surface area contributed by atoms with Crippen molar-refractivity contribution in [2.45, 2.75) is 0 Å². The molecule has 2 N–H and O–H groups in total. The second-order valence-electron chi connectivity index (χ2n) is 0.821. The van der Waals surface area contributed by atoms with E-state index in [0.717, 1.165) is 0 Å². The summed E-state index contributed by atoms with van der Waals surface area (Å²) in [6.45, 7) is 0. The van der Waals surface area contributed by atoms with Crippen LogP contribution in [0.1, 0.15) is 0 Å². The maximum Gasteiger partial charge on any atom is 0.309 e. The first-order valence-corrected chi connectivity index (χ1v) is 2.59. The molecule has 0 amide bonds. The molecule has 0 rings (SSSR count). The highest BCUT2D eigenvalue weighted by Crippen LogP contribution is 1.65. The lowest BCUT2D eigenvalue weighted by Gasteiger charge is -1.78. The molecule has 4 nitrogen and oxygen atoms in total. The Morgan fingerprint density at radius 2 is 1.43 bits per heavy atom. The average molecular weight is 119 g/mol. The van der Waals surface area contributed by atoms with Gasteiger partial charge in [-0.05, 0) is 0 Å². The van der Waals surface area contributed by atoms with Gasteiger partial charge in [-0.3, -0.25) is 9.59 Å². The van der Waals surface area contributed by atoms with Crippen LogP contribution in [-0.2, 0) is 0 Å². The second kappa shape index (κ2) is 2.35. The molecule has 0 aromatic carbocycles. The summed E-state index contributed by atoms with van der Waals surface area (Å²) in [7, 11) is -1.45. The van der Waals surface area contributed by atoms with E-state index in [2.05, 4.69) is 0 Å². The van der Waals surface area contributed by atoms with Crippen LogP contribution >= 0.6 is 0 Å². The lowest BCUT2D eigenvalue weighted by molar-refractivity contribution is 0.213. The SMILES string of the molecule is O=C(O)[SiH]C(=O)O. The van der Waals surface area contributed by atoms with Crippen molar-refractivity contribution in [3.63, 3.8) is 0 Å². The minimum Gasteiger partial charge on any atom is -0.486 e. The molecular weight excluding hydrogens is 116 g/mol. The van der Waals surface area contributed by atoms with E-state index in [1.807, 2.05) is 0 Å². The Labute approximate surface area is 41.6 Å². The summed E-state index contributed by atoms with van der Waals surface area (Å²) in [6.07, 6.45) is 0. The zero-order valence-corrected chi connectivity index (χ0v) is 4.44. The molecule has 5 heteroatoms. The van der Waals surface area contributed by atoms with Crippen molar-refractivity contribution in [2.24, 2.45) is 0 Å². The molecule has 0 aromatic heterocycles. The number of rotatable bonds is 2. The number of carboxylic acid groups (broad SMARTS) is 2. The molecular formula is C2H3O4Si. The van der Waals surface area contributed by atoms with Gasteiger partial charge in [0.05, 0.1) is 0 Å². The molecule has 0 aliphatic rings. The van der Waals surface area contributed by atoms with Crippen LogP contribution in [0.5, 0.6) is 0 Å². The third kappa shape index (κ3) is 5.16. The largest absolute Gasteiger partial charge is 0.486 e. The fraction of sp³-hybridized carbons (Fsp3) is 0. The Balaban J connectivity index is 3.32. The zero-order chi connectivity index (χ0) is 5.86. The van der Waals surface area contributed by atoms with Gasteiger partial charge in [0.15, 0.2) is 0 Å². The standard InChI is InChI=1S/C2H3O4Si/c3-1(4)7-2(5)6/h7H,(H,3,4)(H,5,6). The van der Waals surface area contributed by atoms with E-state index >= 15 is 0 Å².